The highest BCUT2D eigenvalue weighted by Crippen LogP contribution is 2.27. The standard InChI is InChI=1S/C12H9FN2O2/c13-9-4-7(6-16)3-8-5-11(17)10-1-2-14-15(10)12(8)9/h1-4,16H,5-6H2. The van der Waals surface area contributed by atoms with E-state index in [1.807, 2.05) is 0 Å². The SMILES string of the molecule is O=C1Cc2cc(CO)cc(F)c2-n2nccc21. The molecule has 1 aliphatic heterocycles. The van der Waals surface area contributed by atoms with Gasteiger partial charge in [-0.1, -0.05) is 6.07 Å². The molecule has 0 saturated heterocycles. The molecule has 0 fully saturated rings. The largest absolute Gasteiger partial charge is 0.392 e. The van der Waals surface area contributed by atoms with Crippen LogP contribution in [-0.4, -0.2) is 20.7 Å². The van der Waals surface area contributed by atoms with Gasteiger partial charge in [-0.05, 0) is 23.3 Å². The van der Waals surface area contributed by atoms with Crippen molar-refractivity contribution in [2.24, 2.45) is 0 Å². The number of ketones is 1. The average Bonchev–Trinajstić information content (AvgIpc) is 2.77. The van der Waals surface area contributed by atoms with Crippen molar-refractivity contribution < 1.29 is 14.3 Å². The van der Waals surface area contributed by atoms with Gasteiger partial charge in [0, 0.05) is 6.42 Å². The Morgan fingerprint density at radius 3 is 3.06 bits per heavy atom. The number of nitrogens with zero attached hydrogens (tertiary/aromatic N) is 2. The quantitative estimate of drug-likeness (QED) is 0.804. The van der Waals surface area contributed by atoms with Crippen LogP contribution in [0.4, 0.5) is 4.39 Å². The van der Waals surface area contributed by atoms with Crippen molar-refractivity contribution in [3.8, 4) is 5.69 Å². The molecule has 86 valence electrons. The van der Waals surface area contributed by atoms with Crippen LogP contribution in [0.1, 0.15) is 21.6 Å². The maximum atomic E-state index is 13.9. The fraction of sp³-hybridized carbons (Fsp3) is 0.167. The minimum absolute atomic E-state index is 0.0931. The molecule has 0 aliphatic carbocycles. The highest BCUT2D eigenvalue weighted by Gasteiger charge is 2.26. The van der Waals surface area contributed by atoms with Crippen LogP contribution in [0.3, 0.4) is 0 Å². The second kappa shape index (κ2) is 3.49. The molecule has 2 heterocycles. The van der Waals surface area contributed by atoms with Gasteiger partial charge in [0.15, 0.2) is 5.78 Å². The van der Waals surface area contributed by atoms with Crippen LogP contribution in [-0.2, 0) is 13.0 Å². The number of aliphatic hydroxyl groups is 1. The molecule has 0 bridgehead atoms. The van der Waals surface area contributed by atoms with Gasteiger partial charge in [0.1, 0.15) is 17.2 Å². The second-order valence-corrected chi connectivity index (χ2v) is 3.97. The number of aliphatic hydroxyl groups excluding tert-OH is 1. The van der Waals surface area contributed by atoms with Crippen molar-refractivity contribution in [1.29, 1.82) is 0 Å². The lowest BCUT2D eigenvalue weighted by atomic mass is 9.98. The Hall–Kier alpha value is -2.01. The Balaban J connectivity index is 2.30. The Morgan fingerprint density at radius 1 is 1.47 bits per heavy atom. The summed E-state index contributed by atoms with van der Waals surface area (Å²) in [6, 6.07) is 4.48. The summed E-state index contributed by atoms with van der Waals surface area (Å²) in [5, 5.41) is 13.0. The number of carbonyl (C=O) groups excluding carboxylic acids is 1. The van der Waals surface area contributed by atoms with E-state index < -0.39 is 5.82 Å². The van der Waals surface area contributed by atoms with Crippen LogP contribution >= 0.6 is 0 Å². The van der Waals surface area contributed by atoms with Gasteiger partial charge in [-0.2, -0.15) is 5.10 Å². The Labute approximate surface area is 96.3 Å². The van der Waals surface area contributed by atoms with Gasteiger partial charge in [0.05, 0.1) is 12.8 Å². The first-order valence-electron chi connectivity index (χ1n) is 5.20. The molecule has 1 N–H and O–H groups in total. The van der Waals surface area contributed by atoms with Gasteiger partial charge in [-0.15, -0.1) is 0 Å². The smallest absolute Gasteiger partial charge is 0.185 e. The molecular formula is C12H9FN2O2. The van der Waals surface area contributed by atoms with Gasteiger partial charge in [0.25, 0.3) is 0 Å². The molecule has 4 nitrogen and oxygen atoms in total. The third-order valence-corrected chi connectivity index (χ3v) is 2.88. The Bertz CT molecular complexity index is 619. The van der Waals surface area contributed by atoms with Gasteiger partial charge >= 0.3 is 0 Å². The minimum Gasteiger partial charge on any atom is -0.392 e. The number of halogens is 1. The zero-order valence-corrected chi connectivity index (χ0v) is 8.85. The highest BCUT2D eigenvalue weighted by atomic mass is 19.1. The predicted molar refractivity (Wildman–Crippen MR) is 57.5 cm³/mol. The number of Topliss-reactive ketones (excluding diaryl/α,β-unsaturated/α-hetero) is 1. The zero-order chi connectivity index (χ0) is 12.0. The monoisotopic (exact) mass is 232 g/mol. The van der Waals surface area contributed by atoms with E-state index in [4.69, 9.17) is 5.11 Å². The third kappa shape index (κ3) is 1.39. The molecule has 0 saturated carbocycles. The molecule has 0 spiro atoms. The molecule has 1 aromatic heterocycles. The molecule has 0 amide bonds. The fourth-order valence-corrected chi connectivity index (χ4v) is 2.14. The molecule has 1 aliphatic rings. The molecular weight excluding hydrogens is 223 g/mol. The maximum Gasteiger partial charge on any atom is 0.185 e. The number of hydrogen-bond acceptors (Lipinski definition) is 3. The van der Waals surface area contributed by atoms with Crippen molar-refractivity contribution >= 4 is 5.78 Å². The number of rotatable bonds is 1. The normalized spacial score (nSPS) is 13.4. The summed E-state index contributed by atoms with van der Waals surface area (Å²) >= 11 is 0. The summed E-state index contributed by atoms with van der Waals surface area (Å²) in [6.45, 7) is -0.246. The van der Waals surface area contributed by atoms with E-state index in [1.165, 1.54) is 16.9 Å². The summed E-state index contributed by atoms with van der Waals surface area (Å²) < 4.78 is 15.2. The lowest BCUT2D eigenvalue weighted by Crippen LogP contribution is -2.20. The van der Waals surface area contributed by atoms with Crippen molar-refractivity contribution in [2.75, 3.05) is 0 Å². The van der Waals surface area contributed by atoms with Crippen LogP contribution in [0.15, 0.2) is 24.4 Å². The molecule has 0 atom stereocenters. The number of aromatic nitrogens is 2. The van der Waals surface area contributed by atoms with E-state index in [-0.39, 0.29) is 18.8 Å². The highest BCUT2D eigenvalue weighted by molar-refractivity contribution is 5.98. The molecule has 1 aromatic carbocycles. The van der Waals surface area contributed by atoms with E-state index in [2.05, 4.69) is 5.10 Å². The molecule has 0 unspecified atom stereocenters. The average molecular weight is 232 g/mol. The number of fused-ring (bicyclic) bond motifs is 3. The first kappa shape index (κ1) is 10.2. The molecule has 5 heteroatoms. The van der Waals surface area contributed by atoms with E-state index in [1.54, 1.807) is 12.1 Å². The summed E-state index contributed by atoms with van der Waals surface area (Å²) in [5.74, 6) is -0.562. The number of benzene rings is 1. The second-order valence-electron chi connectivity index (χ2n) is 3.97. The predicted octanol–water partition coefficient (Wildman–Crippen LogP) is 1.24. The first-order chi connectivity index (χ1) is 8.20. The first-order valence-corrected chi connectivity index (χ1v) is 5.20. The van der Waals surface area contributed by atoms with Crippen molar-refractivity contribution in [2.45, 2.75) is 13.0 Å². The summed E-state index contributed by atoms with van der Waals surface area (Å²) in [5.41, 5.74) is 1.73. The summed E-state index contributed by atoms with van der Waals surface area (Å²) in [4.78, 5) is 11.8. The lowest BCUT2D eigenvalue weighted by Gasteiger charge is -2.18. The van der Waals surface area contributed by atoms with Crippen LogP contribution in [0.2, 0.25) is 0 Å². The van der Waals surface area contributed by atoms with E-state index >= 15 is 0 Å². The fourth-order valence-electron chi connectivity index (χ4n) is 2.14. The van der Waals surface area contributed by atoms with E-state index in [0.29, 0.717) is 22.5 Å². The van der Waals surface area contributed by atoms with Gasteiger partial charge in [-0.3, -0.25) is 4.79 Å². The Kier molecular flexibility index (Phi) is 2.09. The summed E-state index contributed by atoms with van der Waals surface area (Å²) in [6.07, 6.45) is 1.62. The maximum absolute atomic E-state index is 13.9. The third-order valence-electron chi connectivity index (χ3n) is 2.88. The summed E-state index contributed by atoms with van der Waals surface area (Å²) in [7, 11) is 0. The van der Waals surface area contributed by atoms with Crippen LogP contribution in [0.25, 0.3) is 5.69 Å². The van der Waals surface area contributed by atoms with Gasteiger partial charge in [0.2, 0.25) is 0 Å². The molecule has 3 rings (SSSR count). The van der Waals surface area contributed by atoms with Crippen molar-refractivity contribution in [3.63, 3.8) is 0 Å². The zero-order valence-electron chi connectivity index (χ0n) is 8.85. The topological polar surface area (TPSA) is 55.1 Å². The van der Waals surface area contributed by atoms with E-state index in [9.17, 15) is 9.18 Å². The van der Waals surface area contributed by atoms with E-state index in [0.717, 1.165) is 0 Å². The number of carbonyl (C=O) groups is 1. The van der Waals surface area contributed by atoms with Gasteiger partial charge in [-0.25, -0.2) is 9.07 Å². The molecule has 2 aromatic rings. The number of hydrogen-bond donors (Lipinski definition) is 1. The van der Waals surface area contributed by atoms with Crippen LogP contribution in [0, 0.1) is 5.82 Å². The van der Waals surface area contributed by atoms with Crippen LogP contribution < -0.4 is 0 Å². The lowest BCUT2D eigenvalue weighted by molar-refractivity contribution is 0.0980. The Morgan fingerprint density at radius 2 is 2.29 bits per heavy atom. The van der Waals surface area contributed by atoms with Crippen LogP contribution in [0.5, 0.6) is 0 Å². The van der Waals surface area contributed by atoms with Crippen molar-refractivity contribution in [1.82, 2.24) is 9.78 Å². The molecule has 17 heavy (non-hydrogen) atoms. The molecule has 0 radical (unpaired) electrons. The van der Waals surface area contributed by atoms with Crippen molar-refractivity contribution in [3.05, 3.63) is 47.0 Å². The van der Waals surface area contributed by atoms with Gasteiger partial charge < -0.3 is 5.11 Å². The minimum atomic E-state index is -0.469.